The smallest absolute Gasteiger partial charge is 0.0948 e. The lowest BCUT2D eigenvalue weighted by atomic mass is 10.2. The van der Waals surface area contributed by atoms with Gasteiger partial charge < -0.3 is 15.0 Å². The van der Waals surface area contributed by atoms with Crippen molar-refractivity contribution in [3.63, 3.8) is 0 Å². The lowest BCUT2D eigenvalue weighted by Crippen LogP contribution is -2.28. The molecule has 1 aromatic heterocycles. The van der Waals surface area contributed by atoms with E-state index < -0.39 is 0 Å². The molecule has 4 heteroatoms. The van der Waals surface area contributed by atoms with Crippen LogP contribution in [-0.2, 0) is 6.54 Å². The van der Waals surface area contributed by atoms with E-state index in [1.807, 2.05) is 12.5 Å². The third kappa shape index (κ3) is 2.58. The summed E-state index contributed by atoms with van der Waals surface area (Å²) in [5.74, 6) is 0.831. The Morgan fingerprint density at radius 2 is 2.47 bits per heavy atom. The van der Waals surface area contributed by atoms with Gasteiger partial charge in [0.1, 0.15) is 0 Å². The molecule has 4 nitrogen and oxygen atoms in total. The molecule has 1 atom stereocenters. The van der Waals surface area contributed by atoms with Crippen LogP contribution in [0.15, 0.2) is 12.5 Å². The van der Waals surface area contributed by atoms with Crippen LogP contribution in [0.5, 0.6) is 0 Å². The van der Waals surface area contributed by atoms with E-state index in [1.54, 1.807) is 0 Å². The standard InChI is InChI=1S/C11H19N3O/c1-2-14-8-12-6-11(14)10(7-15)13-5-9-3-4-9/h6,8-10,13,15H,2-5,7H2,1H3. The van der Waals surface area contributed by atoms with E-state index >= 15 is 0 Å². The quantitative estimate of drug-likeness (QED) is 0.733. The highest BCUT2D eigenvalue weighted by molar-refractivity contribution is 5.05. The molecule has 0 spiro atoms. The van der Waals surface area contributed by atoms with Gasteiger partial charge in [-0.25, -0.2) is 4.98 Å². The summed E-state index contributed by atoms with van der Waals surface area (Å²) in [4.78, 5) is 4.12. The fraction of sp³-hybridized carbons (Fsp3) is 0.727. The Kier molecular flexibility index (Phi) is 3.38. The normalized spacial score (nSPS) is 18.0. The fourth-order valence-electron chi connectivity index (χ4n) is 1.78. The van der Waals surface area contributed by atoms with Crippen LogP contribution in [0.25, 0.3) is 0 Å². The largest absolute Gasteiger partial charge is 0.394 e. The Morgan fingerprint density at radius 3 is 3.07 bits per heavy atom. The van der Waals surface area contributed by atoms with Crippen LogP contribution in [0.4, 0.5) is 0 Å². The number of nitrogens with zero attached hydrogens (tertiary/aromatic N) is 2. The van der Waals surface area contributed by atoms with Crippen molar-refractivity contribution in [1.82, 2.24) is 14.9 Å². The summed E-state index contributed by atoms with van der Waals surface area (Å²) in [6.07, 6.45) is 6.32. The highest BCUT2D eigenvalue weighted by Gasteiger charge is 2.23. The second kappa shape index (κ2) is 4.77. The first-order valence-corrected chi connectivity index (χ1v) is 5.69. The van der Waals surface area contributed by atoms with Crippen LogP contribution in [0.3, 0.4) is 0 Å². The third-order valence-electron chi connectivity index (χ3n) is 2.97. The number of aliphatic hydroxyl groups excluding tert-OH is 1. The second-order valence-corrected chi connectivity index (χ2v) is 4.19. The molecule has 2 rings (SSSR count). The minimum absolute atomic E-state index is 0.0352. The topological polar surface area (TPSA) is 50.1 Å². The molecule has 1 unspecified atom stereocenters. The van der Waals surface area contributed by atoms with E-state index in [0.717, 1.165) is 24.7 Å². The molecule has 1 aromatic rings. The summed E-state index contributed by atoms with van der Waals surface area (Å²) in [6.45, 7) is 4.13. The SMILES string of the molecule is CCn1cncc1C(CO)NCC1CC1. The van der Waals surface area contributed by atoms with E-state index in [2.05, 4.69) is 21.8 Å². The van der Waals surface area contributed by atoms with Crippen LogP contribution in [0.2, 0.25) is 0 Å². The van der Waals surface area contributed by atoms with Crippen LogP contribution in [0, 0.1) is 5.92 Å². The van der Waals surface area contributed by atoms with Crippen LogP contribution >= 0.6 is 0 Å². The Hall–Kier alpha value is -0.870. The minimum Gasteiger partial charge on any atom is -0.394 e. The summed E-state index contributed by atoms with van der Waals surface area (Å²) in [7, 11) is 0. The molecule has 15 heavy (non-hydrogen) atoms. The van der Waals surface area contributed by atoms with E-state index in [1.165, 1.54) is 12.8 Å². The second-order valence-electron chi connectivity index (χ2n) is 4.19. The molecule has 0 amide bonds. The average molecular weight is 209 g/mol. The summed E-state index contributed by atoms with van der Waals surface area (Å²) in [6, 6.07) is 0.0352. The molecule has 2 N–H and O–H groups in total. The predicted octanol–water partition coefficient (Wildman–Crippen LogP) is 0.936. The number of aromatic nitrogens is 2. The number of aliphatic hydroxyl groups is 1. The van der Waals surface area contributed by atoms with Crippen molar-refractivity contribution in [3.05, 3.63) is 18.2 Å². The molecule has 0 aromatic carbocycles. The number of nitrogens with one attached hydrogen (secondary N) is 1. The molecule has 84 valence electrons. The van der Waals surface area contributed by atoms with Gasteiger partial charge in [0.15, 0.2) is 0 Å². The third-order valence-corrected chi connectivity index (χ3v) is 2.97. The van der Waals surface area contributed by atoms with Gasteiger partial charge in [-0.1, -0.05) is 0 Å². The highest BCUT2D eigenvalue weighted by atomic mass is 16.3. The molecule has 1 heterocycles. The van der Waals surface area contributed by atoms with Crippen molar-refractivity contribution < 1.29 is 5.11 Å². The molecule has 0 saturated heterocycles. The number of rotatable bonds is 6. The monoisotopic (exact) mass is 209 g/mol. The van der Waals surface area contributed by atoms with Crippen molar-refractivity contribution in [1.29, 1.82) is 0 Å². The number of imidazole rings is 1. The minimum atomic E-state index is 0.0352. The van der Waals surface area contributed by atoms with Crippen LogP contribution < -0.4 is 5.32 Å². The van der Waals surface area contributed by atoms with Crippen molar-refractivity contribution >= 4 is 0 Å². The van der Waals surface area contributed by atoms with E-state index in [9.17, 15) is 5.11 Å². The maximum absolute atomic E-state index is 9.35. The number of hydrogen-bond acceptors (Lipinski definition) is 3. The maximum Gasteiger partial charge on any atom is 0.0948 e. The first kappa shape index (κ1) is 10.6. The zero-order chi connectivity index (χ0) is 10.7. The molecule has 1 aliphatic rings. The molecular formula is C11H19N3O. The number of hydrogen-bond donors (Lipinski definition) is 2. The van der Waals surface area contributed by atoms with Gasteiger partial charge in [-0.2, -0.15) is 0 Å². The van der Waals surface area contributed by atoms with E-state index in [0.29, 0.717) is 0 Å². The highest BCUT2D eigenvalue weighted by Crippen LogP contribution is 2.28. The first-order valence-electron chi connectivity index (χ1n) is 5.69. The fourth-order valence-corrected chi connectivity index (χ4v) is 1.78. The van der Waals surface area contributed by atoms with Gasteiger partial charge in [0.25, 0.3) is 0 Å². The molecule has 1 aliphatic carbocycles. The van der Waals surface area contributed by atoms with E-state index in [4.69, 9.17) is 0 Å². The lowest BCUT2D eigenvalue weighted by molar-refractivity contribution is 0.238. The molecule has 1 saturated carbocycles. The molecule has 0 radical (unpaired) electrons. The molecule has 0 bridgehead atoms. The van der Waals surface area contributed by atoms with Crippen molar-refractivity contribution in [2.75, 3.05) is 13.2 Å². The Labute approximate surface area is 90.3 Å². The number of aryl methyl sites for hydroxylation is 1. The summed E-state index contributed by atoms with van der Waals surface area (Å²) in [5.41, 5.74) is 1.08. The summed E-state index contributed by atoms with van der Waals surface area (Å²) in [5, 5.41) is 12.7. The van der Waals surface area contributed by atoms with Gasteiger partial charge in [-0.3, -0.25) is 0 Å². The Morgan fingerprint density at radius 1 is 1.67 bits per heavy atom. The zero-order valence-electron chi connectivity index (χ0n) is 9.19. The summed E-state index contributed by atoms with van der Waals surface area (Å²) < 4.78 is 2.07. The van der Waals surface area contributed by atoms with Gasteiger partial charge in [0.2, 0.25) is 0 Å². The van der Waals surface area contributed by atoms with Gasteiger partial charge in [0.05, 0.1) is 24.7 Å². The van der Waals surface area contributed by atoms with Crippen molar-refractivity contribution in [3.8, 4) is 0 Å². The van der Waals surface area contributed by atoms with Crippen molar-refractivity contribution in [2.24, 2.45) is 5.92 Å². The van der Waals surface area contributed by atoms with Crippen LogP contribution in [0.1, 0.15) is 31.5 Å². The van der Waals surface area contributed by atoms with Gasteiger partial charge in [-0.15, -0.1) is 0 Å². The lowest BCUT2D eigenvalue weighted by Gasteiger charge is -2.17. The van der Waals surface area contributed by atoms with Crippen molar-refractivity contribution in [2.45, 2.75) is 32.4 Å². The predicted molar refractivity (Wildman–Crippen MR) is 58.5 cm³/mol. The van der Waals surface area contributed by atoms with Crippen LogP contribution in [-0.4, -0.2) is 27.8 Å². The Bertz CT molecular complexity index is 307. The molecular weight excluding hydrogens is 190 g/mol. The van der Waals surface area contributed by atoms with E-state index in [-0.39, 0.29) is 12.6 Å². The van der Waals surface area contributed by atoms with Gasteiger partial charge in [0, 0.05) is 12.7 Å². The Balaban J connectivity index is 1.97. The zero-order valence-corrected chi connectivity index (χ0v) is 9.19. The average Bonchev–Trinajstić information content (AvgIpc) is 2.96. The molecule has 0 aliphatic heterocycles. The van der Waals surface area contributed by atoms with Gasteiger partial charge in [-0.05, 0) is 32.2 Å². The maximum atomic E-state index is 9.35. The summed E-state index contributed by atoms with van der Waals surface area (Å²) >= 11 is 0. The first-order chi connectivity index (χ1) is 7.35. The molecule has 1 fully saturated rings. The van der Waals surface area contributed by atoms with Gasteiger partial charge >= 0.3 is 0 Å².